The molecular formula is C17H28BrN. The molecule has 1 aromatic rings. The van der Waals surface area contributed by atoms with Crippen LogP contribution in [-0.2, 0) is 0 Å². The molecule has 0 radical (unpaired) electrons. The van der Waals surface area contributed by atoms with Gasteiger partial charge in [0.15, 0.2) is 0 Å². The molecular weight excluding hydrogens is 298 g/mol. The summed E-state index contributed by atoms with van der Waals surface area (Å²) in [5.74, 6) is 0. The van der Waals surface area contributed by atoms with Crippen molar-refractivity contribution in [1.29, 1.82) is 0 Å². The Hall–Kier alpha value is -0.340. The zero-order chi connectivity index (χ0) is 14.1. The van der Waals surface area contributed by atoms with E-state index in [9.17, 15) is 0 Å². The molecule has 0 aromatic heterocycles. The Morgan fingerprint density at radius 2 is 1.89 bits per heavy atom. The molecule has 2 heteroatoms. The number of halogens is 1. The molecule has 0 fully saturated rings. The summed E-state index contributed by atoms with van der Waals surface area (Å²) in [4.78, 5) is 0. The maximum atomic E-state index is 3.71. The van der Waals surface area contributed by atoms with Crippen molar-refractivity contribution in [2.45, 2.75) is 65.3 Å². The van der Waals surface area contributed by atoms with Gasteiger partial charge in [0, 0.05) is 10.5 Å². The van der Waals surface area contributed by atoms with Gasteiger partial charge in [-0.15, -0.1) is 0 Å². The quantitative estimate of drug-likeness (QED) is 0.568. The van der Waals surface area contributed by atoms with Crippen LogP contribution in [0.4, 0.5) is 0 Å². The summed E-state index contributed by atoms with van der Waals surface area (Å²) in [7, 11) is 0. The third-order valence-electron chi connectivity index (χ3n) is 3.60. The summed E-state index contributed by atoms with van der Waals surface area (Å²) < 4.78 is 1.19. The lowest BCUT2D eigenvalue weighted by atomic mass is 9.96. The Kier molecular flexibility index (Phi) is 8.40. The Labute approximate surface area is 127 Å². The monoisotopic (exact) mass is 325 g/mol. The fourth-order valence-electron chi connectivity index (χ4n) is 2.45. The van der Waals surface area contributed by atoms with Gasteiger partial charge in [-0.3, -0.25) is 0 Å². The molecule has 1 rings (SSSR count). The average Bonchev–Trinajstić information content (AvgIpc) is 2.41. The van der Waals surface area contributed by atoms with Crippen molar-refractivity contribution in [3.05, 3.63) is 33.8 Å². The van der Waals surface area contributed by atoms with E-state index in [-0.39, 0.29) is 0 Å². The summed E-state index contributed by atoms with van der Waals surface area (Å²) in [5, 5.41) is 3.71. The fourth-order valence-corrected chi connectivity index (χ4v) is 2.83. The predicted molar refractivity (Wildman–Crippen MR) is 88.7 cm³/mol. The van der Waals surface area contributed by atoms with E-state index in [0.717, 1.165) is 6.54 Å². The van der Waals surface area contributed by atoms with Crippen molar-refractivity contribution in [2.24, 2.45) is 0 Å². The second-order valence-corrected chi connectivity index (χ2v) is 6.27. The third kappa shape index (κ3) is 6.09. The average molecular weight is 326 g/mol. The first-order chi connectivity index (χ1) is 9.19. The van der Waals surface area contributed by atoms with E-state index in [0.29, 0.717) is 6.04 Å². The molecule has 0 aliphatic rings. The highest BCUT2D eigenvalue weighted by molar-refractivity contribution is 9.10. The third-order valence-corrected chi connectivity index (χ3v) is 4.10. The van der Waals surface area contributed by atoms with Crippen LogP contribution in [0.15, 0.2) is 22.7 Å². The Balaban J connectivity index is 2.68. The summed E-state index contributed by atoms with van der Waals surface area (Å²) in [6.45, 7) is 7.82. The van der Waals surface area contributed by atoms with E-state index >= 15 is 0 Å². The molecule has 1 aromatic carbocycles. The molecule has 0 saturated carbocycles. The van der Waals surface area contributed by atoms with Crippen LogP contribution < -0.4 is 5.32 Å². The minimum Gasteiger partial charge on any atom is -0.310 e. The van der Waals surface area contributed by atoms with E-state index in [1.54, 1.807) is 0 Å². The fraction of sp³-hybridized carbons (Fsp3) is 0.647. The lowest BCUT2D eigenvalue weighted by molar-refractivity contribution is 0.469. The van der Waals surface area contributed by atoms with E-state index in [1.807, 2.05) is 0 Å². The lowest BCUT2D eigenvalue weighted by Crippen LogP contribution is -2.23. The number of rotatable bonds is 9. The minimum absolute atomic E-state index is 0.509. The second-order valence-electron chi connectivity index (χ2n) is 5.36. The van der Waals surface area contributed by atoms with E-state index in [4.69, 9.17) is 0 Å². The smallest absolute Gasteiger partial charge is 0.0323 e. The minimum atomic E-state index is 0.509. The highest BCUT2D eigenvalue weighted by Gasteiger charge is 2.13. The summed E-state index contributed by atoms with van der Waals surface area (Å²) in [5.41, 5.74) is 2.85. The molecule has 1 N–H and O–H groups in total. The Morgan fingerprint density at radius 1 is 1.11 bits per heavy atom. The van der Waals surface area contributed by atoms with Gasteiger partial charge in [0.1, 0.15) is 0 Å². The molecule has 1 unspecified atom stereocenters. The predicted octanol–water partition coefficient (Wildman–Crippen LogP) is 5.77. The van der Waals surface area contributed by atoms with Gasteiger partial charge < -0.3 is 5.32 Å². The maximum absolute atomic E-state index is 3.71. The molecule has 19 heavy (non-hydrogen) atoms. The van der Waals surface area contributed by atoms with Crippen molar-refractivity contribution in [3.63, 3.8) is 0 Å². The maximum Gasteiger partial charge on any atom is 0.0323 e. The van der Waals surface area contributed by atoms with Crippen molar-refractivity contribution < 1.29 is 0 Å². The first kappa shape index (κ1) is 16.7. The molecule has 0 heterocycles. The van der Waals surface area contributed by atoms with Crippen LogP contribution in [0.25, 0.3) is 0 Å². The van der Waals surface area contributed by atoms with Gasteiger partial charge in [-0.1, -0.05) is 61.5 Å². The standard InChI is InChI=1S/C17H28BrN/c1-4-6-7-8-9-17(19-12-5-2)16-13-15(18)11-10-14(16)3/h10-11,13,17,19H,4-9,12H2,1-3H3. The highest BCUT2D eigenvalue weighted by Crippen LogP contribution is 2.26. The Bertz CT molecular complexity index is 362. The molecule has 1 atom stereocenters. The van der Waals surface area contributed by atoms with E-state index in [2.05, 4.69) is 60.2 Å². The van der Waals surface area contributed by atoms with Gasteiger partial charge in [0.25, 0.3) is 0 Å². The van der Waals surface area contributed by atoms with Gasteiger partial charge in [-0.25, -0.2) is 0 Å². The molecule has 108 valence electrons. The number of nitrogens with one attached hydrogen (secondary N) is 1. The Morgan fingerprint density at radius 3 is 2.58 bits per heavy atom. The van der Waals surface area contributed by atoms with Crippen molar-refractivity contribution in [3.8, 4) is 0 Å². The van der Waals surface area contributed by atoms with Crippen molar-refractivity contribution in [2.75, 3.05) is 6.54 Å². The number of aryl methyl sites for hydroxylation is 1. The molecule has 1 nitrogen and oxygen atoms in total. The highest BCUT2D eigenvalue weighted by atomic mass is 79.9. The molecule has 0 aliphatic heterocycles. The van der Waals surface area contributed by atoms with Crippen LogP contribution in [0.3, 0.4) is 0 Å². The van der Waals surface area contributed by atoms with Crippen LogP contribution in [-0.4, -0.2) is 6.54 Å². The van der Waals surface area contributed by atoms with Gasteiger partial charge in [0.2, 0.25) is 0 Å². The van der Waals surface area contributed by atoms with Crippen molar-refractivity contribution >= 4 is 15.9 Å². The molecule has 0 saturated heterocycles. The molecule has 0 spiro atoms. The number of unbranched alkanes of at least 4 members (excludes halogenated alkanes) is 3. The number of hydrogen-bond acceptors (Lipinski definition) is 1. The second kappa shape index (κ2) is 9.55. The van der Waals surface area contributed by atoms with E-state index in [1.165, 1.54) is 54.1 Å². The van der Waals surface area contributed by atoms with Gasteiger partial charge in [-0.05, 0) is 49.6 Å². The van der Waals surface area contributed by atoms with E-state index < -0.39 is 0 Å². The normalized spacial score (nSPS) is 12.6. The van der Waals surface area contributed by atoms with Crippen molar-refractivity contribution in [1.82, 2.24) is 5.32 Å². The van der Waals surface area contributed by atoms with Crippen LogP contribution >= 0.6 is 15.9 Å². The lowest BCUT2D eigenvalue weighted by Gasteiger charge is -2.21. The van der Waals surface area contributed by atoms with Gasteiger partial charge in [-0.2, -0.15) is 0 Å². The van der Waals surface area contributed by atoms with Crippen LogP contribution in [0.5, 0.6) is 0 Å². The van der Waals surface area contributed by atoms with Crippen LogP contribution in [0.2, 0.25) is 0 Å². The summed E-state index contributed by atoms with van der Waals surface area (Å²) in [6.07, 6.45) is 7.78. The molecule has 0 amide bonds. The molecule has 0 aliphatic carbocycles. The first-order valence-corrected chi connectivity index (χ1v) is 8.47. The zero-order valence-electron chi connectivity index (χ0n) is 12.6. The van der Waals surface area contributed by atoms with Gasteiger partial charge in [0.05, 0.1) is 0 Å². The van der Waals surface area contributed by atoms with Crippen LogP contribution in [0.1, 0.15) is 69.5 Å². The summed E-state index contributed by atoms with van der Waals surface area (Å²) >= 11 is 3.60. The number of hydrogen-bond donors (Lipinski definition) is 1. The van der Waals surface area contributed by atoms with Crippen LogP contribution in [0, 0.1) is 6.92 Å². The largest absolute Gasteiger partial charge is 0.310 e. The molecule has 0 bridgehead atoms. The summed E-state index contributed by atoms with van der Waals surface area (Å²) in [6, 6.07) is 7.13. The zero-order valence-corrected chi connectivity index (χ0v) is 14.2. The SMILES string of the molecule is CCCCCCC(NCCC)c1cc(Br)ccc1C. The number of benzene rings is 1. The topological polar surface area (TPSA) is 12.0 Å². The first-order valence-electron chi connectivity index (χ1n) is 7.68. The van der Waals surface area contributed by atoms with Gasteiger partial charge >= 0.3 is 0 Å².